The predicted octanol–water partition coefficient (Wildman–Crippen LogP) is 2.69. The van der Waals surface area contributed by atoms with Crippen molar-refractivity contribution in [1.82, 2.24) is 5.43 Å². The van der Waals surface area contributed by atoms with Crippen molar-refractivity contribution in [3.05, 3.63) is 35.9 Å². The minimum Gasteiger partial charge on any atom is -0.273 e. The molecule has 0 bridgehead atoms. The maximum atomic E-state index is 11.9. The molecular weight excluding hydrogens is 224 g/mol. The van der Waals surface area contributed by atoms with Crippen LogP contribution in [-0.2, 0) is 4.79 Å². The van der Waals surface area contributed by atoms with Gasteiger partial charge < -0.3 is 0 Å². The minimum atomic E-state index is 0.0730. The summed E-state index contributed by atoms with van der Waals surface area (Å²) in [7, 11) is 0. The van der Waals surface area contributed by atoms with Crippen LogP contribution in [0.15, 0.2) is 35.4 Å². The Morgan fingerprint density at radius 1 is 1.28 bits per heavy atom. The Morgan fingerprint density at radius 3 is 2.67 bits per heavy atom. The lowest BCUT2D eigenvalue weighted by molar-refractivity contribution is -0.122. The molecule has 0 saturated heterocycles. The van der Waals surface area contributed by atoms with E-state index < -0.39 is 0 Å². The molecule has 2 aliphatic carbocycles. The smallest absolute Gasteiger partial charge is 0.243 e. The normalized spacial score (nSPS) is 26.8. The quantitative estimate of drug-likeness (QED) is 0.640. The SMILES string of the molecule is C/C(=N\NC(=O)[C@H]1C[C@@H]1c1ccccc1)C1CC1. The second-order valence-electron chi connectivity index (χ2n) is 5.36. The molecule has 3 rings (SSSR count). The highest BCUT2D eigenvalue weighted by molar-refractivity contribution is 5.89. The van der Waals surface area contributed by atoms with Crippen LogP contribution >= 0.6 is 0 Å². The standard InChI is InChI=1S/C15H18N2O/c1-10(11-7-8-11)16-17-15(18)14-9-13(14)12-5-3-2-4-6-12/h2-6,11,13-14H,7-9H2,1H3,(H,17,18)/b16-10+/t13-,14+/m1/s1. The first-order chi connectivity index (χ1) is 8.75. The van der Waals surface area contributed by atoms with Gasteiger partial charge in [-0.2, -0.15) is 5.10 Å². The molecule has 0 spiro atoms. The zero-order valence-corrected chi connectivity index (χ0v) is 10.6. The Bertz CT molecular complexity index is 477. The number of nitrogens with one attached hydrogen (secondary N) is 1. The van der Waals surface area contributed by atoms with E-state index in [-0.39, 0.29) is 11.8 Å². The Labute approximate surface area is 107 Å². The molecule has 18 heavy (non-hydrogen) atoms. The van der Waals surface area contributed by atoms with Crippen molar-refractivity contribution in [2.45, 2.75) is 32.1 Å². The molecule has 2 atom stereocenters. The minimum absolute atomic E-state index is 0.0730. The van der Waals surface area contributed by atoms with E-state index >= 15 is 0 Å². The first kappa shape index (κ1) is 11.5. The van der Waals surface area contributed by atoms with E-state index in [4.69, 9.17) is 0 Å². The van der Waals surface area contributed by atoms with Gasteiger partial charge in [0.1, 0.15) is 0 Å². The Kier molecular flexibility index (Phi) is 2.90. The molecule has 3 nitrogen and oxygen atoms in total. The molecule has 1 aromatic carbocycles. The molecule has 0 radical (unpaired) electrons. The summed E-state index contributed by atoms with van der Waals surface area (Å²) in [6, 6.07) is 10.2. The van der Waals surface area contributed by atoms with E-state index in [1.165, 1.54) is 18.4 Å². The number of rotatable bonds is 4. The van der Waals surface area contributed by atoms with Crippen molar-refractivity contribution in [3.8, 4) is 0 Å². The van der Waals surface area contributed by atoms with Crippen molar-refractivity contribution in [1.29, 1.82) is 0 Å². The second kappa shape index (κ2) is 4.56. The molecule has 2 aliphatic rings. The highest BCUT2D eigenvalue weighted by atomic mass is 16.2. The maximum absolute atomic E-state index is 11.9. The number of carbonyl (C=O) groups excluding carboxylic acids is 1. The average Bonchev–Trinajstić information content (AvgIpc) is 3.29. The predicted molar refractivity (Wildman–Crippen MR) is 71.3 cm³/mol. The van der Waals surface area contributed by atoms with Crippen LogP contribution in [0.4, 0.5) is 0 Å². The van der Waals surface area contributed by atoms with Gasteiger partial charge in [0.05, 0.1) is 0 Å². The fraction of sp³-hybridized carbons (Fsp3) is 0.467. The van der Waals surface area contributed by atoms with E-state index in [1.54, 1.807) is 0 Å². The zero-order chi connectivity index (χ0) is 12.5. The Morgan fingerprint density at radius 2 is 2.00 bits per heavy atom. The summed E-state index contributed by atoms with van der Waals surface area (Å²) in [5.41, 5.74) is 5.05. The summed E-state index contributed by atoms with van der Waals surface area (Å²) >= 11 is 0. The summed E-state index contributed by atoms with van der Waals surface area (Å²) in [5, 5.41) is 4.19. The maximum Gasteiger partial charge on any atom is 0.243 e. The molecule has 3 heteroatoms. The summed E-state index contributed by atoms with van der Waals surface area (Å²) in [6.45, 7) is 2.00. The number of benzene rings is 1. The topological polar surface area (TPSA) is 41.5 Å². The van der Waals surface area contributed by atoms with Crippen molar-refractivity contribution in [2.24, 2.45) is 16.9 Å². The lowest BCUT2D eigenvalue weighted by atomic mass is 10.1. The van der Waals surface area contributed by atoms with Gasteiger partial charge >= 0.3 is 0 Å². The fourth-order valence-corrected chi connectivity index (χ4v) is 2.37. The molecule has 2 fully saturated rings. The van der Waals surface area contributed by atoms with Gasteiger partial charge in [-0.1, -0.05) is 30.3 Å². The molecule has 2 saturated carbocycles. The molecule has 0 unspecified atom stereocenters. The summed E-state index contributed by atoms with van der Waals surface area (Å²) in [4.78, 5) is 11.9. The lowest BCUT2D eigenvalue weighted by Gasteiger charge is -2.01. The third kappa shape index (κ3) is 2.45. The summed E-state index contributed by atoms with van der Waals surface area (Å²) in [5.74, 6) is 1.20. The van der Waals surface area contributed by atoms with Gasteiger partial charge in [0.2, 0.25) is 5.91 Å². The van der Waals surface area contributed by atoms with E-state index in [9.17, 15) is 4.79 Å². The molecule has 0 aliphatic heterocycles. The molecule has 1 aromatic rings. The van der Waals surface area contributed by atoms with Crippen LogP contribution in [0.3, 0.4) is 0 Å². The molecule has 0 aromatic heterocycles. The second-order valence-corrected chi connectivity index (χ2v) is 5.36. The third-order valence-electron chi connectivity index (χ3n) is 3.87. The van der Waals surface area contributed by atoms with E-state index in [0.717, 1.165) is 12.1 Å². The molecular formula is C15H18N2O. The van der Waals surface area contributed by atoms with Crippen LogP contribution in [0.1, 0.15) is 37.7 Å². The van der Waals surface area contributed by atoms with Crippen LogP contribution < -0.4 is 5.43 Å². The largest absolute Gasteiger partial charge is 0.273 e. The van der Waals surface area contributed by atoms with Crippen molar-refractivity contribution in [2.75, 3.05) is 0 Å². The number of hydrazone groups is 1. The highest BCUT2D eigenvalue weighted by Crippen LogP contribution is 2.47. The first-order valence-corrected chi connectivity index (χ1v) is 6.64. The first-order valence-electron chi connectivity index (χ1n) is 6.64. The fourth-order valence-electron chi connectivity index (χ4n) is 2.37. The van der Waals surface area contributed by atoms with Crippen LogP contribution in [0.2, 0.25) is 0 Å². The van der Waals surface area contributed by atoms with Gasteiger partial charge in [-0.25, -0.2) is 5.43 Å². The highest BCUT2D eigenvalue weighted by Gasteiger charge is 2.43. The van der Waals surface area contributed by atoms with Gasteiger partial charge in [-0.15, -0.1) is 0 Å². The lowest BCUT2D eigenvalue weighted by Crippen LogP contribution is -2.21. The molecule has 1 amide bonds. The van der Waals surface area contributed by atoms with Crippen LogP contribution in [-0.4, -0.2) is 11.6 Å². The van der Waals surface area contributed by atoms with Crippen molar-refractivity contribution in [3.63, 3.8) is 0 Å². The number of hydrogen-bond acceptors (Lipinski definition) is 2. The van der Waals surface area contributed by atoms with Crippen LogP contribution in [0, 0.1) is 11.8 Å². The van der Waals surface area contributed by atoms with Gasteiger partial charge in [-0.3, -0.25) is 4.79 Å². The van der Waals surface area contributed by atoms with Crippen LogP contribution in [0.25, 0.3) is 0 Å². The van der Waals surface area contributed by atoms with Crippen molar-refractivity contribution >= 4 is 11.6 Å². The van der Waals surface area contributed by atoms with Gasteiger partial charge in [0.15, 0.2) is 0 Å². The third-order valence-corrected chi connectivity index (χ3v) is 3.87. The van der Waals surface area contributed by atoms with Crippen molar-refractivity contribution < 1.29 is 4.79 Å². The molecule has 0 heterocycles. The average molecular weight is 242 g/mol. The van der Waals surface area contributed by atoms with Gasteiger partial charge in [0, 0.05) is 11.6 Å². The number of hydrogen-bond donors (Lipinski definition) is 1. The number of amides is 1. The summed E-state index contributed by atoms with van der Waals surface area (Å²) < 4.78 is 0. The van der Waals surface area contributed by atoms with Gasteiger partial charge in [-0.05, 0) is 43.6 Å². The Balaban J connectivity index is 1.54. The summed E-state index contributed by atoms with van der Waals surface area (Å²) in [6.07, 6.45) is 3.40. The Hall–Kier alpha value is -1.64. The van der Waals surface area contributed by atoms with Crippen LogP contribution in [0.5, 0.6) is 0 Å². The van der Waals surface area contributed by atoms with Gasteiger partial charge in [0.25, 0.3) is 0 Å². The molecule has 1 N–H and O–H groups in total. The monoisotopic (exact) mass is 242 g/mol. The van der Waals surface area contributed by atoms with E-state index in [0.29, 0.717) is 11.8 Å². The molecule has 94 valence electrons. The van der Waals surface area contributed by atoms with E-state index in [1.807, 2.05) is 25.1 Å². The number of nitrogens with zero attached hydrogens (tertiary/aromatic N) is 1. The van der Waals surface area contributed by atoms with E-state index in [2.05, 4.69) is 22.7 Å². The number of carbonyl (C=O) groups is 1. The zero-order valence-electron chi connectivity index (χ0n) is 10.6.